The smallest absolute Gasteiger partial charge is 0.239 e. The third-order valence-corrected chi connectivity index (χ3v) is 1.89. The largest absolute Gasteiger partial charge is 0.493 e. The summed E-state index contributed by atoms with van der Waals surface area (Å²) in [6, 6.07) is 3.24. The molecule has 6 nitrogen and oxygen atoms in total. The second-order valence-electron chi connectivity index (χ2n) is 2.67. The van der Waals surface area contributed by atoms with Crippen LogP contribution in [0.5, 0.6) is 23.0 Å². The summed E-state index contributed by atoms with van der Waals surface area (Å²) in [5.41, 5.74) is 2.07. The van der Waals surface area contributed by atoms with Crippen LogP contribution in [0, 0.1) is 0 Å². The van der Waals surface area contributed by atoms with E-state index in [0.29, 0.717) is 29.4 Å². The van der Waals surface area contributed by atoms with E-state index in [1.165, 1.54) is 21.3 Å². The summed E-state index contributed by atoms with van der Waals surface area (Å²) in [6.45, 7) is 0. The Bertz CT molecular complexity index is 366. The molecule has 0 heterocycles. The molecule has 0 aromatic heterocycles. The van der Waals surface area contributed by atoms with E-state index in [4.69, 9.17) is 19.0 Å². The van der Waals surface area contributed by atoms with Crippen LogP contribution >= 0.6 is 0 Å². The monoisotopic (exact) mass is 227 g/mol. The topological polar surface area (TPSA) is 66.0 Å². The Morgan fingerprint density at radius 2 is 1.56 bits per heavy atom. The Kier molecular flexibility index (Phi) is 4.26. The molecule has 0 atom stereocenters. The summed E-state index contributed by atoms with van der Waals surface area (Å²) >= 11 is 0. The van der Waals surface area contributed by atoms with E-state index in [2.05, 4.69) is 5.48 Å². The van der Waals surface area contributed by atoms with Crippen LogP contribution in [0.1, 0.15) is 0 Å². The van der Waals surface area contributed by atoms with Gasteiger partial charge in [0, 0.05) is 0 Å². The fraction of sp³-hybridized carbons (Fsp3) is 0.300. The zero-order chi connectivity index (χ0) is 12.0. The quantitative estimate of drug-likeness (QED) is 0.574. The van der Waals surface area contributed by atoms with Gasteiger partial charge < -0.3 is 19.0 Å². The molecule has 0 aliphatic rings. The lowest BCUT2D eigenvalue weighted by molar-refractivity contribution is -0.115. The molecule has 0 aliphatic carbocycles. The van der Waals surface area contributed by atoms with Crippen LogP contribution in [-0.4, -0.2) is 27.7 Å². The highest BCUT2D eigenvalue weighted by molar-refractivity contribution is 5.59. The first-order chi connectivity index (χ1) is 7.78. The summed E-state index contributed by atoms with van der Waals surface area (Å²) in [5, 5.41) is 0. The third kappa shape index (κ3) is 2.28. The molecule has 88 valence electrons. The van der Waals surface area contributed by atoms with Crippen molar-refractivity contribution in [1.82, 2.24) is 5.48 Å². The van der Waals surface area contributed by atoms with E-state index in [1.54, 1.807) is 12.1 Å². The van der Waals surface area contributed by atoms with E-state index >= 15 is 0 Å². The van der Waals surface area contributed by atoms with Crippen LogP contribution < -0.4 is 24.5 Å². The van der Waals surface area contributed by atoms with Gasteiger partial charge in [0.15, 0.2) is 5.75 Å². The van der Waals surface area contributed by atoms with Crippen molar-refractivity contribution in [2.24, 2.45) is 0 Å². The zero-order valence-electron chi connectivity index (χ0n) is 9.27. The number of carbonyl (C=O) groups excluding carboxylic acids is 1. The molecule has 0 aliphatic heterocycles. The number of methoxy groups -OCH3 is 3. The molecule has 0 radical (unpaired) electrons. The van der Waals surface area contributed by atoms with Gasteiger partial charge in [0.2, 0.25) is 23.7 Å². The van der Waals surface area contributed by atoms with E-state index in [0.717, 1.165) is 0 Å². The molecule has 0 bridgehead atoms. The first-order valence-electron chi connectivity index (χ1n) is 4.43. The predicted molar refractivity (Wildman–Crippen MR) is 55.9 cm³/mol. The van der Waals surface area contributed by atoms with E-state index in [-0.39, 0.29) is 0 Å². The second-order valence-corrected chi connectivity index (χ2v) is 2.67. The van der Waals surface area contributed by atoms with Crippen molar-refractivity contribution in [2.75, 3.05) is 21.3 Å². The molecule has 1 amide bonds. The maximum Gasteiger partial charge on any atom is 0.239 e. The number of hydroxylamine groups is 1. The molecule has 0 saturated heterocycles. The Labute approximate surface area is 93.0 Å². The average molecular weight is 227 g/mol. The maximum atomic E-state index is 10.1. The maximum absolute atomic E-state index is 10.1. The number of rotatable bonds is 6. The van der Waals surface area contributed by atoms with Gasteiger partial charge in [-0.25, -0.2) is 0 Å². The lowest BCUT2D eigenvalue weighted by Gasteiger charge is -2.14. The molecule has 16 heavy (non-hydrogen) atoms. The van der Waals surface area contributed by atoms with Crippen molar-refractivity contribution in [3.05, 3.63) is 12.1 Å². The van der Waals surface area contributed by atoms with Gasteiger partial charge in [-0.1, -0.05) is 0 Å². The molecule has 1 rings (SSSR count). The predicted octanol–water partition coefficient (Wildman–Crippen LogP) is 0.752. The average Bonchev–Trinajstić information content (AvgIpc) is 2.34. The highest BCUT2D eigenvalue weighted by Gasteiger charge is 2.17. The summed E-state index contributed by atoms with van der Waals surface area (Å²) in [5.74, 6) is 1.58. The molecule has 0 saturated carbocycles. The van der Waals surface area contributed by atoms with Gasteiger partial charge in [-0.05, 0) is 12.1 Å². The van der Waals surface area contributed by atoms with Crippen molar-refractivity contribution in [2.45, 2.75) is 0 Å². The number of amides is 1. The number of hydrogen-bond acceptors (Lipinski definition) is 5. The number of ether oxygens (including phenoxy) is 3. The first kappa shape index (κ1) is 12.0. The van der Waals surface area contributed by atoms with Crippen molar-refractivity contribution in [3.8, 4) is 23.0 Å². The number of carbonyl (C=O) groups is 1. The van der Waals surface area contributed by atoms with Gasteiger partial charge in [-0.2, -0.15) is 5.48 Å². The van der Waals surface area contributed by atoms with E-state index < -0.39 is 0 Å². The third-order valence-electron chi connectivity index (χ3n) is 1.89. The Morgan fingerprint density at radius 3 is 2.06 bits per heavy atom. The van der Waals surface area contributed by atoms with Gasteiger partial charge in [0.05, 0.1) is 21.3 Å². The summed E-state index contributed by atoms with van der Waals surface area (Å²) < 4.78 is 15.3. The molecule has 1 N–H and O–H groups in total. The lowest BCUT2D eigenvalue weighted by atomic mass is 10.2. The van der Waals surface area contributed by atoms with Crippen LogP contribution in [0.4, 0.5) is 0 Å². The summed E-state index contributed by atoms with van der Waals surface area (Å²) in [7, 11) is 4.46. The van der Waals surface area contributed by atoms with Crippen molar-refractivity contribution < 1.29 is 23.8 Å². The van der Waals surface area contributed by atoms with Crippen LogP contribution in [0.15, 0.2) is 12.1 Å². The molecule has 0 spiro atoms. The Balaban J connectivity index is 3.14. The van der Waals surface area contributed by atoms with E-state index in [1.807, 2.05) is 0 Å². The normalized spacial score (nSPS) is 9.19. The minimum Gasteiger partial charge on any atom is -0.493 e. The number of nitrogens with one attached hydrogen (secondary N) is 1. The second kappa shape index (κ2) is 5.69. The van der Waals surface area contributed by atoms with Crippen molar-refractivity contribution in [3.63, 3.8) is 0 Å². The number of hydrogen-bond donors (Lipinski definition) is 1. The summed E-state index contributed by atoms with van der Waals surface area (Å²) in [6.07, 6.45) is 0.413. The highest BCUT2D eigenvalue weighted by atomic mass is 16.7. The van der Waals surface area contributed by atoms with Crippen molar-refractivity contribution in [1.29, 1.82) is 0 Å². The molecule has 6 heteroatoms. The number of benzene rings is 1. The van der Waals surface area contributed by atoms with Gasteiger partial charge in [0.25, 0.3) is 0 Å². The molecule has 0 fully saturated rings. The minimum atomic E-state index is 0.326. The zero-order valence-corrected chi connectivity index (χ0v) is 9.27. The first-order valence-corrected chi connectivity index (χ1v) is 4.43. The SMILES string of the molecule is COc1ccc(ONC=O)c(OC)c1OC. The van der Waals surface area contributed by atoms with Gasteiger partial charge in [-0.15, -0.1) is 0 Å². The molecular formula is C10H13NO5. The molecule has 1 aromatic rings. The van der Waals surface area contributed by atoms with Crippen LogP contribution in [0.3, 0.4) is 0 Å². The van der Waals surface area contributed by atoms with Gasteiger partial charge in [-0.3, -0.25) is 4.79 Å². The fourth-order valence-electron chi connectivity index (χ4n) is 1.24. The standard InChI is InChI=1S/C10H13NO5/c1-13-7-4-5-8(16-11-6-12)10(15-3)9(7)14-2/h4-6H,1-3H3,(H,11,12). The Hall–Kier alpha value is -2.11. The van der Waals surface area contributed by atoms with Crippen molar-refractivity contribution >= 4 is 6.41 Å². The van der Waals surface area contributed by atoms with Gasteiger partial charge >= 0.3 is 0 Å². The van der Waals surface area contributed by atoms with Crippen LogP contribution in [-0.2, 0) is 4.79 Å². The minimum absolute atomic E-state index is 0.326. The van der Waals surface area contributed by atoms with Gasteiger partial charge in [0.1, 0.15) is 0 Å². The molecular weight excluding hydrogens is 214 g/mol. The molecule has 1 aromatic carbocycles. The van der Waals surface area contributed by atoms with Crippen LogP contribution in [0.25, 0.3) is 0 Å². The lowest BCUT2D eigenvalue weighted by Crippen LogP contribution is -2.16. The fourth-order valence-corrected chi connectivity index (χ4v) is 1.24. The summed E-state index contributed by atoms with van der Waals surface area (Å²) in [4.78, 5) is 15.1. The highest BCUT2D eigenvalue weighted by Crippen LogP contribution is 2.43. The molecule has 0 unspecified atom stereocenters. The van der Waals surface area contributed by atoms with E-state index in [9.17, 15) is 4.79 Å². The Morgan fingerprint density at radius 1 is 1.00 bits per heavy atom. The van der Waals surface area contributed by atoms with Crippen LogP contribution in [0.2, 0.25) is 0 Å².